The number of ether oxygens (including phenoxy) is 2. The molecule has 8 nitrogen and oxygen atoms in total. The van der Waals surface area contributed by atoms with Gasteiger partial charge < -0.3 is 14.4 Å². The van der Waals surface area contributed by atoms with Crippen LogP contribution >= 0.6 is 0 Å². The van der Waals surface area contributed by atoms with E-state index in [-0.39, 0.29) is 0 Å². The van der Waals surface area contributed by atoms with E-state index >= 15 is 0 Å². The number of methoxy groups -OCH3 is 1. The van der Waals surface area contributed by atoms with Gasteiger partial charge >= 0.3 is 6.01 Å². The van der Waals surface area contributed by atoms with Gasteiger partial charge in [-0.1, -0.05) is 12.1 Å². The average Bonchev–Trinajstić information content (AvgIpc) is 3.37. The molecule has 0 saturated carbocycles. The number of piperidine rings is 1. The summed E-state index contributed by atoms with van der Waals surface area (Å²) in [4.78, 5) is 16.5. The molecule has 1 saturated heterocycles. The fourth-order valence-corrected chi connectivity index (χ4v) is 4.75. The molecule has 8 heteroatoms. The Balaban J connectivity index is 1.63. The van der Waals surface area contributed by atoms with Crippen LogP contribution in [0.3, 0.4) is 0 Å². The number of pyridine rings is 1. The summed E-state index contributed by atoms with van der Waals surface area (Å²) < 4.78 is 13.6. The van der Waals surface area contributed by atoms with Gasteiger partial charge in [-0.2, -0.15) is 10.2 Å². The van der Waals surface area contributed by atoms with E-state index in [9.17, 15) is 5.26 Å². The number of aromatic nitrogens is 4. The van der Waals surface area contributed by atoms with Gasteiger partial charge in [0.1, 0.15) is 0 Å². The van der Waals surface area contributed by atoms with Gasteiger partial charge in [-0.25, -0.2) is 9.97 Å². The molecule has 0 unspecified atom stereocenters. The Kier molecular flexibility index (Phi) is 6.34. The van der Waals surface area contributed by atoms with Gasteiger partial charge in [0, 0.05) is 47.7 Å². The molecule has 0 aliphatic carbocycles. The van der Waals surface area contributed by atoms with Gasteiger partial charge in [0.2, 0.25) is 5.88 Å². The van der Waals surface area contributed by atoms with Crippen molar-refractivity contribution in [3.05, 3.63) is 60.0 Å². The van der Waals surface area contributed by atoms with Crippen molar-refractivity contribution in [2.75, 3.05) is 33.9 Å². The summed E-state index contributed by atoms with van der Waals surface area (Å²) >= 11 is 0. The minimum Gasteiger partial charge on any atom is -0.481 e. The first-order valence-electron chi connectivity index (χ1n) is 11.8. The van der Waals surface area contributed by atoms with Gasteiger partial charge in [-0.3, -0.25) is 4.40 Å². The van der Waals surface area contributed by atoms with Crippen LogP contribution in [0.2, 0.25) is 0 Å². The largest absolute Gasteiger partial charge is 0.481 e. The van der Waals surface area contributed by atoms with Crippen LogP contribution in [0.15, 0.2) is 48.9 Å². The molecular formula is C27H28N6O2. The Morgan fingerprint density at radius 2 is 2.00 bits per heavy atom. The third kappa shape index (κ3) is 4.55. The summed E-state index contributed by atoms with van der Waals surface area (Å²) in [7, 11) is 3.77. The Bertz CT molecular complexity index is 1390. The summed E-state index contributed by atoms with van der Waals surface area (Å²) in [5, 5.41) is 9.26. The van der Waals surface area contributed by atoms with Crippen LogP contribution in [-0.2, 0) is 0 Å². The second kappa shape index (κ2) is 9.72. The Hall–Kier alpha value is -3.96. The summed E-state index contributed by atoms with van der Waals surface area (Å²) in [5.74, 6) is 1.04. The van der Waals surface area contributed by atoms with Crippen molar-refractivity contribution in [2.24, 2.45) is 5.92 Å². The zero-order chi connectivity index (χ0) is 24.4. The van der Waals surface area contributed by atoms with Crippen LogP contribution in [-0.4, -0.2) is 58.1 Å². The molecule has 1 aromatic carbocycles. The maximum Gasteiger partial charge on any atom is 0.302 e. The normalized spacial score (nSPS) is 16.2. The number of nitriles is 1. The standard InChI is InChI=1S/C27H28N6O2/c1-18-13-22(15-30-26(18)34-3)23-24(21-8-6-19(14-28)7-9-21)31-27(33-12-10-29-25(23)33)35-17-20-5-4-11-32(2)16-20/h6-10,12-13,15,20H,4-5,11,16-17H2,1-3H3/t20-/m1/s1. The number of hydrogen-bond acceptors (Lipinski definition) is 7. The molecule has 1 fully saturated rings. The van der Waals surface area contributed by atoms with Crippen molar-refractivity contribution in [3.8, 4) is 40.3 Å². The lowest BCUT2D eigenvalue weighted by Gasteiger charge is -2.29. The third-order valence-electron chi connectivity index (χ3n) is 6.48. The van der Waals surface area contributed by atoms with E-state index in [2.05, 4.69) is 28.0 Å². The number of imidazole rings is 1. The van der Waals surface area contributed by atoms with Gasteiger partial charge in [0.15, 0.2) is 5.65 Å². The molecule has 0 bridgehead atoms. The number of fused-ring (bicyclic) bond motifs is 1. The maximum absolute atomic E-state index is 9.26. The molecule has 4 heterocycles. The highest BCUT2D eigenvalue weighted by Gasteiger charge is 2.22. The Morgan fingerprint density at radius 3 is 2.71 bits per heavy atom. The fourth-order valence-electron chi connectivity index (χ4n) is 4.75. The van der Waals surface area contributed by atoms with Gasteiger partial charge in [-0.15, -0.1) is 0 Å². The first kappa shape index (κ1) is 22.8. The van der Waals surface area contributed by atoms with E-state index < -0.39 is 0 Å². The van der Waals surface area contributed by atoms with Crippen LogP contribution in [0, 0.1) is 24.2 Å². The SMILES string of the molecule is COc1ncc(-c2c(-c3ccc(C#N)cc3)nc(OC[C@@H]3CCCN(C)C3)n3ccnc23)cc1C. The minimum atomic E-state index is 0.459. The first-order valence-corrected chi connectivity index (χ1v) is 11.8. The number of aryl methyl sites for hydroxylation is 1. The molecule has 35 heavy (non-hydrogen) atoms. The van der Waals surface area contributed by atoms with Crippen LogP contribution in [0.4, 0.5) is 0 Å². The van der Waals surface area contributed by atoms with Crippen LogP contribution in [0.1, 0.15) is 24.0 Å². The molecular weight excluding hydrogens is 440 g/mol. The summed E-state index contributed by atoms with van der Waals surface area (Å²) in [6.07, 6.45) is 7.74. The second-order valence-electron chi connectivity index (χ2n) is 9.06. The minimum absolute atomic E-state index is 0.459. The van der Waals surface area contributed by atoms with E-state index in [1.54, 1.807) is 31.6 Å². The molecule has 1 aliphatic heterocycles. The number of benzene rings is 1. The molecule has 3 aromatic heterocycles. The van der Waals surface area contributed by atoms with Gasteiger partial charge in [0.05, 0.1) is 36.6 Å². The topological polar surface area (TPSA) is 88.6 Å². The number of likely N-dealkylation sites (tertiary alicyclic amines) is 1. The van der Waals surface area contributed by atoms with E-state index in [1.807, 2.05) is 35.7 Å². The van der Waals surface area contributed by atoms with Crippen LogP contribution < -0.4 is 9.47 Å². The lowest BCUT2D eigenvalue weighted by Crippen LogP contribution is -2.35. The predicted octanol–water partition coefficient (Wildman–Crippen LogP) is 4.37. The molecule has 178 valence electrons. The van der Waals surface area contributed by atoms with E-state index in [4.69, 9.17) is 14.5 Å². The summed E-state index contributed by atoms with van der Waals surface area (Å²) in [6.45, 7) is 4.71. The first-order chi connectivity index (χ1) is 17.1. The Labute approximate surface area is 204 Å². The fraction of sp³-hybridized carbons (Fsp3) is 0.333. The zero-order valence-corrected chi connectivity index (χ0v) is 20.2. The van der Waals surface area contributed by atoms with Crippen molar-refractivity contribution in [2.45, 2.75) is 19.8 Å². The van der Waals surface area contributed by atoms with E-state index in [1.165, 1.54) is 6.42 Å². The number of hydrogen-bond donors (Lipinski definition) is 0. The lowest BCUT2D eigenvalue weighted by molar-refractivity contribution is 0.143. The van der Waals surface area contributed by atoms with E-state index in [0.717, 1.165) is 53.1 Å². The van der Waals surface area contributed by atoms with Crippen molar-refractivity contribution >= 4 is 5.65 Å². The highest BCUT2D eigenvalue weighted by Crippen LogP contribution is 2.37. The highest BCUT2D eigenvalue weighted by atomic mass is 16.5. The smallest absolute Gasteiger partial charge is 0.302 e. The zero-order valence-electron chi connectivity index (χ0n) is 20.2. The summed E-state index contributed by atoms with van der Waals surface area (Å²) in [6, 6.07) is 12.1. The molecule has 0 radical (unpaired) electrons. The van der Waals surface area contributed by atoms with Crippen LogP contribution in [0.5, 0.6) is 11.9 Å². The van der Waals surface area contributed by atoms with Crippen LogP contribution in [0.25, 0.3) is 28.0 Å². The van der Waals surface area contributed by atoms with Crippen molar-refractivity contribution in [1.82, 2.24) is 24.3 Å². The summed E-state index contributed by atoms with van der Waals surface area (Å²) in [5.41, 5.74) is 5.59. The lowest BCUT2D eigenvalue weighted by atomic mass is 9.99. The van der Waals surface area contributed by atoms with E-state index in [0.29, 0.717) is 30.0 Å². The van der Waals surface area contributed by atoms with Gasteiger partial charge in [-0.05, 0) is 51.6 Å². The molecule has 0 spiro atoms. The van der Waals surface area contributed by atoms with Crippen molar-refractivity contribution in [3.63, 3.8) is 0 Å². The predicted molar refractivity (Wildman–Crippen MR) is 133 cm³/mol. The highest BCUT2D eigenvalue weighted by molar-refractivity contribution is 5.90. The molecule has 1 atom stereocenters. The second-order valence-corrected chi connectivity index (χ2v) is 9.06. The molecule has 0 N–H and O–H groups in total. The number of rotatable bonds is 6. The third-order valence-corrected chi connectivity index (χ3v) is 6.48. The maximum atomic E-state index is 9.26. The molecule has 5 rings (SSSR count). The number of nitrogens with zero attached hydrogens (tertiary/aromatic N) is 6. The molecule has 1 aliphatic rings. The quantitative estimate of drug-likeness (QED) is 0.415. The molecule has 4 aromatic rings. The Morgan fingerprint density at radius 1 is 1.17 bits per heavy atom. The average molecular weight is 469 g/mol. The van der Waals surface area contributed by atoms with Crippen molar-refractivity contribution in [1.29, 1.82) is 5.26 Å². The monoisotopic (exact) mass is 468 g/mol. The van der Waals surface area contributed by atoms with Gasteiger partial charge in [0.25, 0.3) is 0 Å². The van der Waals surface area contributed by atoms with Crippen molar-refractivity contribution < 1.29 is 9.47 Å². The molecule has 0 amide bonds.